The van der Waals surface area contributed by atoms with Gasteiger partial charge in [0.25, 0.3) is 0 Å². The zero-order chi connectivity index (χ0) is 13.0. The van der Waals surface area contributed by atoms with Crippen LogP contribution in [0.1, 0.15) is 12.1 Å². The van der Waals surface area contributed by atoms with Crippen LogP contribution in [-0.2, 0) is 23.0 Å². The highest BCUT2D eigenvalue weighted by Crippen LogP contribution is 2.21. The maximum atomic E-state index is 11.0. The molecule has 2 rings (SSSR count). The van der Waals surface area contributed by atoms with Gasteiger partial charge in [0.2, 0.25) is 0 Å². The van der Waals surface area contributed by atoms with E-state index in [2.05, 4.69) is 20.1 Å². The number of ether oxygens (including phenoxy) is 1. The molecule has 0 radical (unpaired) electrons. The van der Waals surface area contributed by atoms with E-state index < -0.39 is 0 Å². The van der Waals surface area contributed by atoms with Gasteiger partial charge in [-0.2, -0.15) is 5.10 Å². The maximum absolute atomic E-state index is 11.0. The summed E-state index contributed by atoms with van der Waals surface area (Å²) in [5.74, 6) is -0.218. The first-order chi connectivity index (χ1) is 8.67. The molecule has 18 heavy (non-hydrogen) atoms. The molecule has 0 amide bonds. The van der Waals surface area contributed by atoms with Gasteiger partial charge in [-0.1, -0.05) is 0 Å². The summed E-state index contributed by atoms with van der Waals surface area (Å²) in [4.78, 5) is 15.4. The number of aromatic nitrogens is 3. The average Bonchev–Trinajstić information content (AvgIpc) is 2.96. The quantitative estimate of drug-likeness (QED) is 0.835. The van der Waals surface area contributed by atoms with E-state index in [4.69, 9.17) is 0 Å². The summed E-state index contributed by atoms with van der Waals surface area (Å²) in [7, 11) is 3.24. The summed E-state index contributed by atoms with van der Waals surface area (Å²) >= 11 is 1.50. The zero-order valence-electron chi connectivity index (χ0n) is 10.2. The summed E-state index contributed by atoms with van der Waals surface area (Å²) in [5.41, 5.74) is 1.78. The predicted molar refractivity (Wildman–Crippen MR) is 68.9 cm³/mol. The summed E-state index contributed by atoms with van der Waals surface area (Å²) in [5, 5.41) is 9.94. The van der Waals surface area contributed by atoms with Gasteiger partial charge in [-0.3, -0.25) is 9.48 Å². The van der Waals surface area contributed by atoms with Crippen molar-refractivity contribution in [3.63, 3.8) is 0 Å². The number of nitrogens with one attached hydrogen (secondary N) is 1. The number of hydrogen-bond acceptors (Lipinski definition) is 6. The summed E-state index contributed by atoms with van der Waals surface area (Å²) in [6.07, 6.45) is 4.55. The minimum atomic E-state index is -0.218. The average molecular weight is 266 g/mol. The lowest BCUT2D eigenvalue weighted by Crippen LogP contribution is -2.02. The Balaban J connectivity index is 1.91. The lowest BCUT2D eigenvalue weighted by atomic mass is 10.2. The molecule has 7 heteroatoms. The van der Waals surface area contributed by atoms with E-state index in [0.717, 1.165) is 16.5 Å². The number of carbonyl (C=O) groups is 1. The van der Waals surface area contributed by atoms with Crippen molar-refractivity contribution in [3.05, 3.63) is 23.5 Å². The van der Waals surface area contributed by atoms with E-state index in [0.29, 0.717) is 12.8 Å². The fourth-order valence-electron chi connectivity index (χ4n) is 1.42. The number of hydrogen-bond donors (Lipinski definition) is 1. The van der Waals surface area contributed by atoms with Crippen molar-refractivity contribution in [1.82, 2.24) is 14.8 Å². The van der Waals surface area contributed by atoms with Crippen molar-refractivity contribution in [2.24, 2.45) is 7.05 Å². The topological polar surface area (TPSA) is 69.0 Å². The van der Waals surface area contributed by atoms with Crippen LogP contribution in [0.15, 0.2) is 17.8 Å². The van der Waals surface area contributed by atoms with Crippen LogP contribution < -0.4 is 5.32 Å². The largest absolute Gasteiger partial charge is 0.469 e. The minimum absolute atomic E-state index is 0.218. The molecule has 0 unspecified atom stereocenters. The Morgan fingerprint density at radius 2 is 2.44 bits per heavy atom. The van der Waals surface area contributed by atoms with Crippen LogP contribution in [0.3, 0.4) is 0 Å². The summed E-state index contributed by atoms with van der Waals surface area (Å²) in [6, 6.07) is 0. The van der Waals surface area contributed by atoms with E-state index in [1.54, 1.807) is 10.9 Å². The van der Waals surface area contributed by atoms with E-state index in [1.165, 1.54) is 18.4 Å². The number of nitrogens with zero attached hydrogens (tertiary/aromatic N) is 3. The summed E-state index contributed by atoms with van der Waals surface area (Å²) in [6.45, 7) is 0. The molecule has 0 saturated heterocycles. The Hall–Kier alpha value is -1.89. The van der Waals surface area contributed by atoms with E-state index in [1.807, 2.05) is 18.6 Å². The number of esters is 1. The molecule has 0 aliphatic rings. The number of anilines is 2. The van der Waals surface area contributed by atoms with Crippen LogP contribution in [0.2, 0.25) is 0 Å². The standard InChI is InChI=1S/C11H14N4O2S/c1-15-6-9(5-12-15)14-11-13-8(7-18-11)3-4-10(16)17-2/h5-7H,3-4H2,1-2H3,(H,13,14). The Morgan fingerprint density at radius 1 is 1.61 bits per heavy atom. The van der Waals surface area contributed by atoms with Gasteiger partial charge in [-0.05, 0) is 0 Å². The van der Waals surface area contributed by atoms with Crippen LogP contribution >= 0.6 is 11.3 Å². The number of rotatable bonds is 5. The van der Waals surface area contributed by atoms with Crippen molar-refractivity contribution in [2.45, 2.75) is 12.8 Å². The first-order valence-corrected chi connectivity index (χ1v) is 6.32. The van der Waals surface area contributed by atoms with Crippen molar-refractivity contribution in [1.29, 1.82) is 0 Å². The molecule has 0 aromatic carbocycles. The van der Waals surface area contributed by atoms with E-state index >= 15 is 0 Å². The second-order valence-electron chi connectivity index (χ2n) is 3.75. The monoisotopic (exact) mass is 266 g/mol. The fraction of sp³-hybridized carbons (Fsp3) is 0.364. The van der Waals surface area contributed by atoms with E-state index in [9.17, 15) is 4.79 Å². The second kappa shape index (κ2) is 5.63. The Kier molecular flexibility index (Phi) is 3.93. The molecule has 0 aliphatic carbocycles. The second-order valence-corrected chi connectivity index (χ2v) is 4.61. The molecule has 1 N–H and O–H groups in total. The van der Waals surface area contributed by atoms with Crippen LogP contribution in [0.25, 0.3) is 0 Å². The minimum Gasteiger partial charge on any atom is -0.469 e. The predicted octanol–water partition coefficient (Wildman–Crippen LogP) is 1.73. The Labute approximate surface area is 109 Å². The molecule has 2 aromatic rings. The molecule has 2 aromatic heterocycles. The molecule has 2 heterocycles. The van der Waals surface area contributed by atoms with Crippen LogP contribution in [0, 0.1) is 0 Å². The molecule has 0 atom stereocenters. The first-order valence-electron chi connectivity index (χ1n) is 5.44. The van der Waals surface area contributed by atoms with Gasteiger partial charge in [-0.15, -0.1) is 11.3 Å². The van der Waals surface area contributed by atoms with Crippen molar-refractivity contribution < 1.29 is 9.53 Å². The molecule has 0 bridgehead atoms. The molecular weight excluding hydrogens is 252 g/mol. The SMILES string of the molecule is COC(=O)CCc1csc(Nc2cnn(C)c2)n1. The van der Waals surface area contributed by atoms with Crippen molar-refractivity contribution >= 4 is 28.1 Å². The molecule has 6 nitrogen and oxygen atoms in total. The molecule has 0 spiro atoms. The molecule has 0 aliphatic heterocycles. The Morgan fingerprint density at radius 3 is 3.11 bits per heavy atom. The van der Waals surface area contributed by atoms with Crippen molar-refractivity contribution in [3.8, 4) is 0 Å². The van der Waals surface area contributed by atoms with Crippen LogP contribution in [-0.4, -0.2) is 27.8 Å². The normalized spacial score (nSPS) is 10.3. The third-order valence-corrected chi connectivity index (χ3v) is 3.13. The lowest BCUT2D eigenvalue weighted by Gasteiger charge is -1.97. The highest BCUT2D eigenvalue weighted by Gasteiger charge is 2.06. The number of thiazole rings is 1. The highest BCUT2D eigenvalue weighted by atomic mass is 32.1. The third-order valence-electron chi connectivity index (χ3n) is 2.32. The Bertz CT molecular complexity index is 535. The van der Waals surface area contributed by atoms with Crippen LogP contribution in [0.5, 0.6) is 0 Å². The number of carbonyl (C=O) groups excluding carboxylic acids is 1. The molecule has 0 fully saturated rings. The smallest absolute Gasteiger partial charge is 0.305 e. The maximum Gasteiger partial charge on any atom is 0.305 e. The van der Waals surface area contributed by atoms with Gasteiger partial charge in [0.1, 0.15) is 0 Å². The summed E-state index contributed by atoms with van der Waals surface area (Å²) < 4.78 is 6.30. The first kappa shape index (κ1) is 12.6. The van der Waals surface area contributed by atoms with E-state index in [-0.39, 0.29) is 5.97 Å². The van der Waals surface area contributed by atoms with Crippen LogP contribution in [0.4, 0.5) is 10.8 Å². The van der Waals surface area contributed by atoms with Gasteiger partial charge in [0, 0.05) is 25.0 Å². The van der Waals surface area contributed by atoms with Gasteiger partial charge in [0.15, 0.2) is 5.13 Å². The molecular formula is C11H14N4O2S. The fourth-order valence-corrected chi connectivity index (χ4v) is 2.19. The lowest BCUT2D eigenvalue weighted by molar-refractivity contribution is -0.140. The zero-order valence-corrected chi connectivity index (χ0v) is 11.0. The van der Waals surface area contributed by atoms with Gasteiger partial charge in [0.05, 0.1) is 31.1 Å². The number of aryl methyl sites for hydroxylation is 2. The van der Waals surface area contributed by atoms with Gasteiger partial charge in [-0.25, -0.2) is 4.98 Å². The van der Waals surface area contributed by atoms with Crippen molar-refractivity contribution in [2.75, 3.05) is 12.4 Å². The molecule has 96 valence electrons. The van der Waals surface area contributed by atoms with Gasteiger partial charge < -0.3 is 10.1 Å². The third kappa shape index (κ3) is 3.30. The number of methoxy groups -OCH3 is 1. The highest BCUT2D eigenvalue weighted by molar-refractivity contribution is 7.13. The molecule has 0 saturated carbocycles. The van der Waals surface area contributed by atoms with Gasteiger partial charge >= 0.3 is 5.97 Å².